The molecule has 3 rings (SSSR count). The molecule has 0 aliphatic carbocycles. The first-order chi connectivity index (χ1) is 8.92. The summed E-state index contributed by atoms with van der Waals surface area (Å²) in [6.07, 6.45) is 5.14. The van der Waals surface area contributed by atoms with Gasteiger partial charge in [-0.25, -0.2) is 0 Å². The molecule has 2 aliphatic rings. The third-order valence-electron chi connectivity index (χ3n) is 4.09. The van der Waals surface area contributed by atoms with E-state index < -0.39 is 0 Å². The summed E-state index contributed by atoms with van der Waals surface area (Å²) in [6.45, 7) is 8.23. The fourth-order valence-corrected chi connectivity index (χ4v) is 2.99. The van der Waals surface area contributed by atoms with Gasteiger partial charge in [0.1, 0.15) is 0 Å². The van der Waals surface area contributed by atoms with Gasteiger partial charge >= 0.3 is 0 Å². The van der Waals surface area contributed by atoms with E-state index in [4.69, 9.17) is 0 Å². The standard InChI is InChI=1S/C14H22N4/c1-2-13(10-15-4-1)12-17-6-8-18(9-7-17)14-3-5-16-11-14/h1-2,4,10,14,16H,3,5-9,11-12H2. The quantitative estimate of drug-likeness (QED) is 0.844. The summed E-state index contributed by atoms with van der Waals surface area (Å²) in [5.74, 6) is 0. The smallest absolute Gasteiger partial charge is 0.0312 e. The Labute approximate surface area is 109 Å². The van der Waals surface area contributed by atoms with Gasteiger partial charge in [-0.3, -0.25) is 14.8 Å². The average Bonchev–Trinajstić information content (AvgIpc) is 2.95. The minimum atomic E-state index is 0.783. The van der Waals surface area contributed by atoms with Crippen LogP contribution >= 0.6 is 0 Å². The average molecular weight is 246 g/mol. The highest BCUT2D eigenvalue weighted by molar-refractivity contribution is 5.08. The van der Waals surface area contributed by atoms with Gasteiger partial charge in [-0.1, -0.05) is 6.07 Å². The number of nitrogens with one attached hydrogen (secondary N) is 1. The molecule has 0 spiro atoms. The highest BCUT2D eigenvalue weighted by Crippen LogP contribution is 2.13. The lowest BCUT2D eigenvalue weighted by Gasteiger charge is -2.37. The van der Waals surface area contributed by atoms with E-state index in [1.165, 1.54) is 51.3 Å². The molecule has 2 aliphatic heterocycles. The van der Waals surface area contributed by atoms with Gasteiger partial charge < -0.3 is 5.32 Å². The Morgan fingerprint density at radius 2 is 2.17 bits per heavy atom. The number of piperazine rings is 1. The molecule has 18 heavy (non-hydrogen) atoms. The molecule has 1 N–H and O–H groups in total. The Morgan fingerprint density at radius 3 is 2.83 bits per heavy atom. The molecule has 0 radical (unpaired) electrons. The van der Waals surface area contributed by atoms with Gasteiger partial charge in [0, 0.05) is 57.7 Å². The topological polar surface area (TPSA) is 31.4 Å². The van der Waals surface area contributed by atoms with Gasteiger partial charge in [0.25, 0.3) is 0 Å². The highest BCUT2D eigenvalue weighted by Gasteiger charge is 2.25. The minimum absolute atomic E-state index is 0.783. The highest BCUT2D eigenvalue weighted by atomic mass is 15.3. The van der Waals surface area contributed by atoms with Crippen LogP contribution in [0, 0.1) is 0 Å². The van der Waals surface area contributed by atoms with Crippen molar-refractivity contribution in [3.8, 4) is 0 Å². The zero-order chi connectivity index (χ0) is 12.2. The van der Waals surface area contributed by atoms with Crippen LogP contribution in [0.25, 0.3) is 0 Å². The Bertz CT molecular complexity index is 353. The molecule has 0 aromatic carbocycles. The van der Waals surface area contributed by atoms with Crippen molar-refractivity contribution < 1.29 is 0 Å². The van der Waals surface area contributed by atoms with Gasteiger partial charge in [-0.2, -0.15) is 0 Å². The third kappa shape index (κ3) is 2.88. The number of aromatic nitrogens is 1. The molecule has 1 aromatic heterocycles. The summed E-state index contributed by atoms with van der Waals surface area (Å²) in [6, 6.07) is 4.97. The number of hydrogen-bond donors (Lipinski definition) is 1. The van der Waals surface area contributed by atoms with E-state index in [-0.39, 0.29) is 0 Å². The summed E-state index contributed by atoms with van der Waals surface area (Å²) in [7, 11) is 0. The molecule has 1 aromatic rings. The fourth-order valence-electron chi connectivity index (χ4n) is 2.99. The Balaban J connectivity index is 1.48. The molecule has 1 atom stereocenters. The minimum Gasteiger partial charge on any atom is -0.315 e. The first kappa shape index (κ1) is 12.1. The van der Waals surface area contributed by atoms with E-state index in [9.17, 15) is 0 Å². The maximum absolute atomic E-state index is 4.18. The van der Waals surface area contributed by atoms with E-state index in [1.807, 2.05) is 18.5 Å². The lowest BCUT2D eigenvalue weighted by molar-refractivity contribution is 0.0981. The molecule has 1 unspecified atom stereocenters. The van der Waals surface area contributed by atoms with Crippen LogP contribution in [0.5, 0.6) is 0 Å². The van der Waals surface area contributed by atoms with Crippen molar-refractivity contribution in [1.82, 2.24) is 20.1 Å². The van der Waals surface area contributed by atoms with Crippen molar-refractivity contribution in [2.45, 2.75) is 19.0 Å². The SMILES string of the molecule is c1cncc(CN2CCN(C3CCNC3)CC2)c1. The molecular weight excluding hydrogens is 224 g/mol. The van der Waals surface area contributed by atoms with Crippen LogP contribution < -0.4 is 5.32 Å². The van der Waals surface area contributed by atoms with Gasteiger partial charge in [-0.15, -0.1) is 0 Å². The summed E-state index contributed by atoms with van der Waals surface area (Å²) in [5, 5.41) is 3.46. The predicted molar refractivity (Wildman–Crippen MR) is 72.4 cm³/mol. The van der Waals surface area contributed by atoms with Crippen LogP contribution in [0.4, 0.5) is 0 Å². The van der Waals surface area contributed by atoms with Crippen molar-refractivity contribution in [3.63, 3.8) is 0 Å². The number of hydrogen-bond acceptors (Lipinski definition) is 4. The van der Waals surface area contributed by atoms with Crippen molar-refractivity contribution in [2.75, 3.05) is 39.3 Å². The summed E-state index contributed by atoms with van der Waals surface area (Å²) >= 11 is 0. The Hall–Kier alpha value is -0.970. The molecule has 2 fully saturated rings. The second kappa shape index (κ2) is 5.78. The number of pyridine rings is 1. The summed E-state index contributed by atoms with van der Waals surface area (Å²) in [4.78, 5) is 9.37. The Kier molecular flexibility index (Phi) is 3.88. The van der Waals surface area contributed by atoms with Crippen LogP contribution in [0.1, 0.15) is 12.0 Å². The molecule has 0 saturated carbocycles. The summed E-state index contributed by atoms with van der Waals surface area (Å²) < 4.78 is 0. The molecule has 2 saturated heterocycles. The van der Waals surface area contributed by atoms with Gasteiger partial charge in [0.15, 0.2) is 0 Å². The molecule has 4 heteroatoms. The maximum atomic E-state index is 4.18. The van der Waals surface area contributed by atoms with E-state index in [0.717, 1.165) is 12.6 Å². The van der Waals surface area contributed by atoms with E-state index in [1.54, 1.807) is 0 Å². The third-order valence-corrected chi connectivity index (χ3v) is 4.09. The first-order valence-corrected chi connectivity index (χ1v) is 6.98. The van der Waals surface area contributed by atoms with E-state index in [2.05, 4.69) is 26.2 Å². The van der Waals surface area contributed by atoms with Gasteiger partial charge in [0.2, 0.25) is 0 Å². The van der Waals surface area contributed by atoms with E-state index >= 15 is 0 Å². The predicted octanol–water partition coefficient (Wildman–Crippen LogP) is 0.561. The monoisotopic (exact) mass is 246 g/mol. The number of nitrogens with zero attached hydrogens (tertiary/aromatic N) is 3. The largest absolute Gasteiger partial charge is 0.315 e. The van der Waals surface area contributed by atoms with Crippen molar-refractivity contribution in [1.29, 1.82) is 0 Å². The van der Waals surface area contributed by atoms with Gasteiger partial charge in [-0.05, 0) is 24.6 Å². The lowest BCUT2D eigenvalue weighted by Crippen LogP contribution is -2.50. The molecular formula is C14H22N4. The molecule has 0 amide bonds. The molecule has 98 valence electrons. The number of rotatable bonds is 3. The lowest BCUT2D eigenvalue weighted by atomic mass is 10.1. The van der Waals surface area contributed by atoms with Crippen molar-refractivity contribution >= 4 is 0 Å². The van der Waals surface area contributed by atoms with E-state index in [0.29, 0.717) is 0 Å². The normalized spacial score (nSPS) is 26.6. The summed E-state index contributed by atoms with van der Waals surface area (Å²) in [5.41, 5.74) is 1.33. The molecule has 0 bridgehead atoms. The molecule has 3 heterocycles. The zero-order valence-electron chi connectivity index (χ0n) is 10.9. The molecule has 4 nitrogen and oxygen atoms in total. The second-order valence-electron chi connectivity index (χ2n) is 5.32. The van der Waals surface area contributed by atoms with Crippen LogP contribution in [-0.2, 0) is 6.54 Å². The fraction of sp³-hybridized carbons (Fsp3) is 0.643. The van der Waals surface area contributed by atoms with Crippen molar-refractivity contribution in [3.05, 3.63) is 30.1 Å². The second-order valence-corrected chi connectivity index (χ2v) is 5.32. The maximum Gasteiger partial charge on any atom is 0.0312 e. The van der Waals surface area contributed by atoms with Crippen LogP contribution in [-0.4, -0.2) is 60.1 Å². The van der Waals surface area contributed by atoms with Crippen molar-refractivity contribution in [2.24, 2.45) is 0 Å². The first-order valence-electron chi connectivity index (χ1n) is 6.98. The van der Waals surface area contributed by atoms with Crippen LogP contribution in [0.15, 0.2) is 24.5 Å². The van der Waals surface area contributed by atoms with Crippen LogP contribution in [0.2, 0.25) is 0 Å². The Morgan fingerprint density at radius 1 is 1.28 bits per heavy atom. The van der Waals surface area contributed by atoms with Crippen LogP contribution in [0.3, 0.4) is 0 Å². The zero-order valence-corrected chi connectivity index (χ0v) is 10.9. The van der Waals surface area contributed by atoms with Gasteiger partial charge in [0.05, 0.1) is 0 Å².